The fraction of sp³-hybridized carbons (Fsp3) is 0.290. The van der Waals surface area contributed by atoms with Gasteiger partial charge in [0, 0.05) is 37.6 Å². The van der Waals surface area contributed by atoms with Crippen LogP contribution in [0.3, 0.4) is 0 Å². The number of para-hydroxylation sites is 2. The van der Waals surface area contributed by atoms with Gasteiger partial charge in [-0.05, 0) is 74.9 Å². The van der Waals surface area contributed by atoms with Crippen molar-refractivity contribution in [1.82, 2.24) is 29.2 Å². The van der Waals surface area contributed by atoms with Gasteiger partial charge in [-0.25, -0.2) is 4.79 Å². The predicted octanol–water partition coefficient (Wildman–Crippen LogP) is 5.54. The van der Waals surface area contributed by atoms with E-state index in [1.54, 1.807) is 21.5 Å². The minimum atomic E-state index is -0.135. The zero-order chi connectivity index (χ0) is 27.8. The number of imidazole rings is 1. The highest BCUT2D eigenvalue weighted by molar-refractivity contribution is 6.30. The molecule has 204 valence electrons. The molecule has 1 N–H and O–H groups in total. The Bertz CT molecular complexity index is 1740. The summed E-state index contributed by atoms with van der Waals surface area (Å²) in [6, 6.07) is 19.7. The third-order valence-corrected chi connectivity index (χ3v) is 8.10. The first-order chi connectivity index (χ1) is 19.4. The number of fused-ring (bicyclic) bond motifs is 1. The van der Waals surface area contributed by atoms with Crippen molar-refractivity contribution in [2.24, 2.45) is 13.0 Å². The number of pyridine rings is 1. The molecule has 6 rings (SSSR count). The first kappa shape index (κ1) is 26.1. The molecule has 2 aromatic carbocycles. The molecule has 1 saturated carbocycles. The first-order valence-corrected chi connectivity index (χ1v) is 14.0. The number of carbonyl (C=O) groups excluding carboxylic acids is 1. The molecule has 0 saturated heterocycles. The minimum absolute atomic E-state index is 0.0360. The summed E-state index contributed by atoms with van der Waals surface area (Å²) in [6.45, 7) is 2.46. The van der Waals surface area contributed by atoms with Gasteiger partial charge in [0.1, 0.15) is 0 Å². The Balaban J connectivity index is 1.18. The van der Waals surface area contributed by atoms with Gasteiger partial charge in [0.05, 0.1) is 38.7 Å². The number of carbonyl (C=O) groups is 1. The molecule has 0 spiro atoms. The van der Waals surface area contributed by atoms with Crippen molar-refractivity contribution in [1.29, 1.82) is 0 Å². The minimum Gasteiger partial charge on any atom is -0.349 e. The maximum atomic E-state index is 13.8. The molecule has 1 fully saturated rings. The molecule has 3 heterocycles. The summed E-state index contributed by atoms with van der Waals surface area (Å²) in [6.07, 6.45) is 7.07. The number of hydrogen-bond acceptors (Lipinski definition) is 4. The number of aryl methyl sites for hydroxylation is 2. The molecular weight excluding hydrogens is 524 g/mol. The molecule has 1 amide bonds. The largest absolute Gasteiger partial charge is 0.349 e. The summed E-state index contributed by atoms with van der Waals surface area (Å²) in [5.74, 6) is 0.218. The summed E-state index contributed by atoms with van der Waals surface area (Å²) in [7, 11) is 1.90. The highest BCUT2D eigenvalue weighted by Crippen LogP contribution is 2.28. The molecule has 0 unspecified atom stereocenters. The fourth-order valence-electron chi connectivity index (χ4n) is 5.73. The van der Waals surface area contributed by atoms with E-state index in [0.29, 0.717) is 28.7 Å². The molecule has 5 aromatic rings. The Labute approximate surface area is 237 Å². The number of halogens is 1. The molecule has 40 heavy (non-hydrogen) atoms. The lowest BCUT2D eigenvalue weighted by molar-refractivity contribution is 0.0919. The van der Waals surface area contributed by atoms with Crippen LogP contribution >= 0.6 is 11.6 Å². The number of aromatic nitrogens is 5. The first-order valence-electron chi connectivity index (χ1n) is 13.6. The summed E-state index contributed by atoms with van der Waals surface area (Å²) >= 11 is 6.05. The fourth-order valence-corrected chi connectivity index (χ4v) is 5.89. The lowest BCUT2D eigenvalue weighted by atomic mass is 9.85. The Hall–Kier alpha value is -4.17. The molecular formula is C31H31ClN6O2. The van der Waals surface area contributed by atoms with E-state index in [4.69, 9.17) is 11.6 Å². The Morgan fingerprint density at radius 1 is 1.02 bits per heavy atom. The van der Waals surface area contributed by atoms with Crippen LogP contribution in [-0.2, 0) is 13.6 Å². The number of amides is 1. The van der Waals surface area contributed by atoms with Crippen LogP contribution in [0, 0.1) is 12.8 Å². The van der Waals surface area contributed by atoms with E-state index < -0.39 is 0 Å². The van der Waals surface area contributed by atoms with E-state index in [1.807, 2.05) is 79.3 Å². The van der Waals surface area contributed by atoms with Gasteiger partial charge < -0.3 is 5.32 Å². The maximum Gasteiger partial charge on any atom is 0.333 e. The zero-order valence-electron chi connectivity index (χ0n) is 22.5. The van der Waals surface area contributed by atoms with Crippen LogP contribution < -0.4 is 11.0 Å². The molecule has 1 aliphatic carbocycles. The second-order valence-corrected chi connectivity index (χ2v) is 11.1. The van der Waals surface area contributed by atoms with Crippen LogP contribution in [-0.4, -0.2) is 35.8 Å². The average Bonchev–Trinajstić information content (AvgIpc) is 3.52. The van der Waals surface area contributed by atoms with Crippen molar-refractivity contribution in [3.8, 4) is 16.9 Å². The Kier molecular flexibility index (Phi) is 7.02. The maximum absolute atomic E-state index is 13.8. The third-order valence-electron chi connectivity index (χ3n) is 7.89. The lowest BCUT2D eigenvalue weighted by Crippen LogP contribution is -2.39. The van der Waals surface area contributed by atoms with E-state index in [0.717, 1.165) is 53.7 Å². The molecule has 0 bridgehead atoms. The smallest absolute Gasteiger partial charge is 0.333 e. The van der Waals surface area contributed by atoms with Crippen LogP contribution in [0.2, 0.25) is 5.02 Å². The normalized spacial score (nSPS) is 17.3. The van der Waals surface area contributed by atoms with Gasteiger partial charge in [-0.1, -0.05) is 35.9 Å². The van der Waals surface area contributed by atoms with Crippen LogP contribution in [0.1, 0.15) is 41.7 Å². The van der Waals surface area contributed by atoms with Crippen LogP contribution in [0.4, 0.5) is 0 Å². The third kappa shape index (κ3) is 5.07. The highest BCUT2D eigenvalue weighted by atomic mass is 35.5. The quantitative estimate of drug-likeness (QED) is 0.299. The number of benzene rings is 2. The summed E-state index contributed by atoms with van der Waals surface area (Å²) < 4.78 is 5.48. The van der Waals surface area contributed by atoms with E-state index in [-0.39, 0.29) is 17.6 Å². The van der Waals surface area contributed by atoms with Crippen molar-refractivity contribution >= 4 is 28.5 Å². The van der Waals surface area contributed by atoms with Gasteiger partial charge in [-0.2, -0.15) is 5.10 Å². The monoisotopic (exact) mass is 554 g/mol. The molecule has 0 radical (unpaired) electrons. The van der Waals surface area contributed by atoms with Crippen molar-refractivity contribution in [2.45, 2.75) is 45.2 Å². The van der Waals surface area contributed by atoms with Crippen molar-refractivity contribution in [3.05, 3.63) is 99.8 Å². The van der Waals surface area contributed by atoms with E-state index in [2.05, 4.69) is 15.4 Å². The van der Waals surface area contributed by atoms with Crippen LogP contribution in [0.15, 0.2) is 77.9 Å². The molecule has 9 heteroatoms. The van der Waals surface area contributed by atoms with E-state index >= 15 is 0 Å². The molecule has 1 aliphatic rings. The SMILES string of the molecule is Cc1ncc(Cl)cc1C(=O)NC1CCC(Cn2c(=O)n(-c3ccc(-c4ccn(C)n4)cc3)c3ccccc32)CC1. The summed E-state index contributed by atoms with van der Waals surface area (Å²) in [4.78, 5) is 30.8. The van der Waals surface area contributed by atoms with Gasteiger partial charge >= 0.3 is 5.69 Å². The average molecular weight is 555 g/mol. The van der Waals surface area contributed by atoms with Crippen molar-refractivity contribution in [3.63, 3.8) is 0 Å². The predicted molar refractivity (Wildman–Crippen MR) is 157 cm³/mol. The highest BCUT2D eigenvalue weighted by Gasteiger charge is 2.25. The van der Waals surface area contributed by atoms with Crippen molar-refractivity contribution < 1.29 is 4.79 Å². The van der Waals surface area contributed by atoms with Crippen molar-refractivity contribution in [2.75, 3.05) is 0 Å². The number of nitrogens with one attached hydrogen (secondary N) is 1. The summed E-state index contributed by atoms with van der Waals surface area (Å²) in [5, 5.41) is 8.08. The van der Waals surface area contributed by atoms with E-state index in [9.17, 15) is 9.59 Å². The summed E-state index contributed by atoms with van der Waals surface area (Å²) in [5.41, 5.74) is 5.70. The number of rotatable bonds is 6. The topological polar surface area (TPSA) is 86.7 Å². The van der Waals surface area contributed by atoms with Gasteiger partial charge in [-0.15, -0.1) is 0 Å². The molecule has 0 atom stereocenters. The number of nitrogens with zero attached hydrogens (tertiary/aromatic N) is 5. The van der Waals surface area contributed by atoms with E-state index in [1.165, 1.54) is 0 Å². The standard InChI is InChI=1S/C31H31ClN6O2/c1-20-26(17-23(32)18-33-20)30(39)34-24-11-7-21(8-12-24)19-37-28-5-3-4-6-29(28)38(31(37)40)25-13-9-22(10-14-25)27-15-16-36(2)35-27/h3-6,9-10,13-18,21,24H,7-8,11-12,19H2,1-2H3,(H,34,39). The van der Waals surface area contributed by atoms with Gasteiger partial charge in [0.25, 0.3) is 5.91 Å². The second-order valence-electron chi connectivity index (χ2n) is 10.6. The zero-order valence-corrected chi connectivity index (χ0v) is 23.3. The molecule has 0 aliphatic heterocycles. The van der Waals surface area contributed by atoms with Gasteiger partial charge in [-0.3, -0.25) is 23.6 Å². The second kappa shape index (κ2) is 10.8. The Morgan fingerprint density at radius 2 is 1.75 bits per heavy atom. The molecule has 8 nitrogen and oxygen atoms in total. The van der Waals surface area contributed by atoms with Crippen LogP contribution in [0.25, 0.3) is 28.0 Å². The number of hydrogen-bond donors (Lipinski definition) is 1. The van der Waals surface area contributed by atoms with Gasteiger partial charge in [0.2, 0.25) is 0 Å². The molecule has 3 aromatic heterocycles. The Morgan fingerprint density at radius 3 is 2.45 bits per heavy atom. The lowest BCUT2D eigenvalue weighted by Gasteiger charge is -2.29. The van der Waals surface area contributed by atoms with Crippen LogP contribution in [0.5, 0.6) is 0 Å². The van der Waals surface area contributed by atoms with Gasteiger partial charge in [0.15, 0.2) is 0 Å².